The zero-order valence-corrected chi connectivity index (χ0v) is 15.5. The molecule has 0 unspecified atom stereocenters. The molecule has 0 radical (unpaired) electrons. The van der Waals surface area contributed by atoms with Gasteiger partial charge in [0.25, 0.3) is 0 Å². The number of aromatic nitrogens is 3. The molecular weight excluding hydrogens is 347 g/mol. The summed E-state index contributed by atoms with van der Waals surface area (Å²) in [5, 5.41) is 4.63. The average Bonchev–Trinajstić information content (AvgIpc) is 3.23. The van der Waals surface area contributed by atoms with E-state index in [2.05, 4.69) is 34.3 Å². The van der Waals surface area contributed by atoms with E-state index < -0.39 is 0 Å². The fourth-order valence-electron chi connectivity index (χ4n) is 3.68. The van der Waals surface area contributed by atoms with Gasteiger partial charge in [0, 0.05) is 19.6 Å². The number of rotatable bonds is 4. The highest BCUT2D eigenvalue weighted by molar-refractivity contribution is 7.71. The molecule has 0 spiro atoms. The second kappa shape index (κ2) is 7.13. The van der Waals surface area contributed by atoms with Crippen LogP contribution in [0.2, 0.25) is 0 Å². The zero-order chi connectivity index (χ0) is 18.1. The molecule has 1 aromatic heterocycles. The maximum absolute atomic E-state index is 14.2. The standard InChI is InChI=1S/C20H21FN4S/c1-23-19(16-10-5-6-11-17(16)21)22-25(20(23)26)14-24-13-7-12-18(24)15-8-3-2-4-9-15/h2-6,8-11,18H,7,12-14H2,1H3/t18-/m1/s1. The van der Waals surface area contributed by atoms with Gasteiger partial charge < -0.3 is 4.57 Å². The van der Waals surface area contributed by atoms with E-state index in [9.17, 15) is 4.39 Å². The van der Waals surface area contributed by atoms with Crippen LogP contribution >= 0.6 is 12.2 Å². The van der Waals surface area contributed by atoms with Crippen molar-refractivity contribution in [3.05, 3.63) is 70.7 Å². The Morgan fingerprint density at radius 2 is 1.85 bits per heavy atom. The topological polar surface area (TPSA) is 26.0 Å². The second-order valence-corrected chi connectivity index (χ2v) is 7.03. The summed E-state index contributed by atoms with van der Waals surface area (Å²) in [6.45, 7) is 1.62. The molecule has 6 heteroatoms. The van der Waals surface area contributed by atoms with Crippen LogP contribution in [0.1, 0.15) is 24.4 Å². The van der Waals surface area contributed by atoms with Gasteiger partial charge in [0.2, 0.25) is 0 Å². The molecule has 0 bridgehead atoms. The lowest BCUT2D eigenvalue weighted by Crippen LogP contribution is -2.27. The summed E-state index contributed by atoms with van der Waals surface area (Å²) in [7, 11) is 1.84. The number of halogens is 1. The van der Waals surface area contributed by atoms with Crippen LogP contribution in [0.15, 0.2) is 54.6 Å². The molecule has 26 heavy (non-hydrogen) atoms. The highest BCUT2D eigenvalue weighted by atomic mass is 32.1. The Hall–Kier alpha value is -2.31. The summed E-state index contributed by atoms with van der Waals surface area (Å²) in [5.41, 5.74) is 1.79. The van der Waals surface area contributed by atoms with Gasteiger partial charge in [-0.25, -0.2) is 9.07 Å². The SMILES string of the molecule is Cn1c(-c2ccccc2F)nn(CN2CCC[C@@H]2c2ccccc2)c1=S. The van der Waals surface area contributed by atoms with Crippen molar-refractivity contribution in [3.8, 4) is 11.4 Å². The summed E-state index contributed by atoms with van der Waals surface area (Å²) in [6.07, 6.45) is 2.28. The average molecular weight is 368 g/mol. The number of likely N-dealkylation sites (tertiary alicyclic amines) is 1. The van der Waals surface area contributed by atoms with Crippen molar-refractivity contribution in [2.75, 3.05) is 6.54 Å². The van der Waals surface area contributed by atoms with Crippen LogP contribution in [0.25, 0.3) is 11.4 Å². The number of nitrogens with zero attached hydrogens (tertiary/aromatic N) is 4. The van der Waals surface area contributed by atoms with E-state index in [1.165, 1.54) is 11.6 Å². The van der Waals surface area contributed by atoms with Gasteiger partial charge in [0.15, 0.2) is 10.6 Å². The van der Waals surface area contributed by atoms with E-state index in [-0.39, 0.29) is 5.82 Å². The van der Waals surface area contributed by atoms with Crippen molar-refractivity contribution in [1.82, 2.24) is 19.2 Å². The predicted molar refractivity (Wildman–Crippen MR) is 103 cm³/mol. The summed E-state index contributed by atoms with van der Waals surface area (Å²) < 4.78 is 18.4. The molecule has 4 nitrogen and oxygen atoms in total. The van der Waals surface area contributed by atoms with Crippen LogP contribution in [0.4, 0.5) is 4.39 Å². The van der Waals surface area contributed by atoms with E-state index in [0.717, 1.165) is 19.4 Å². The summed E-state index contributed by atoms with van der Waals surface area (Å²) >= 11 is 5.56. The van der Waals surface area contributed by atoms with E-state index in [0.29, 0.717) is 28.9 Å². The summed E-state index contributed by atoms with van der Waals surface area (Å²) in [4.78, 5) is 2.39. The molecule has 2 aromatic carbocycles. The molecule has 2 heterocycles. The monoisotopic (exact) mass is 368 g/mol. The molecule has 1 saturated heterocycles. The van der Waals surface area contributed by atoms with Crippen LogP contribution < -0.4 is 0 Å². The maximum Gasteiger partial charge on any atom is 0.199 e. The second-order valence-electron chi connectivity index (χ2n) is 6.67. The number of hydrogen-bond donors (Lipinski definition) is 0. The molecule has 0 aliphatic carbocycles. The molecule has 4 rings (SSSR count). The summed E-state index contributed by atoms with van der Waals surface area (Å²) in [5.74, 6) is 0.273. The van der Waals surface area contributed by atoms with Gasteiger partial charge in [-0.3, -0.25) is 4.90 Å². The predicted octanol–water partition coefficient (Wildman–Crippen LogP) is 4.55. The Morgan fingerprint density at radius 1 is 1.12 bits per heavy atom. The minimum Gasteiger partial charge on any atom is -0.303 e. The Labute approximate surface area is 157 Å². The fourth-order valence-corrected chi connectivity index (χ4v) is 3.86. The third-order valence-corrected chi connectivity index (χ3v) is 5.50. The molecule has 1 aliphatic rings. The lowest BCUT2D eigenvalue weighted by atomic mass is 10.1. The van der Waals surface area contributed by atoms with Crippen molar-refractivity contribution in [2.24, 2.45) is 7.05 Å². The first-order chi connectivity index (χ1) is 12.6. The molecule has 0 N–H and O–H groups in total. The normalized spacial score (nSPS) is 17.7. The molecule has 1 atom stereocenters. The van der Waals surface area contributed by atoms with Gasteiger partial charge in [-0.05, 0) is 42.8 Å². The van der Waals surface area contributed by atoms with Crippen LogP contribution in [0.5, 0.6) is 0 Å². The third kappa shape index (κ3) is 3.10. The fraction of sp³-hybridized carbons (Fsp3) is 0.300. The van der Waals surface area contributed by atoms with Crippen LogP contribution in [0, 0.1) is 10.6 Å². The van der Waals surface area contributed by atoms with Gasteiger partial charge >= 0.3 is 0 Å². The van der Waals surface area contributed by atoms with Gasteiger partial charge in [-0.1, -0.05) is 42.5 Å². The molecule has 0 saturated carbocycles. The quantitative estimate of drug-likeness (QED) is 0.632. The Balaban J connectivity index is 1.64. The Morgan fingerprint density at radius 3 is 2.62 bits per heavy atom. The van der Waals surface area contributed by atoms with E-state index >= 15 is 0 Å². The smallest absolute Gasteiger partial charge is 0.199 e. The first-order valence-corrected chi connectivity index (χ1v) is 9.23. The van der Waals surface area contributed by atoms with Crippen LogP contribution in [-0.4, -0.2) is 25.8 Å². The Bertz CT molecular complexity index is 963. The van der Waals surface area contributed by atoms with Gasteiger partial charge in [0.05, 0.1) is 12.2 Å². The van der Waals surface area contributed by atoms with Crippen molar-refractivity contribution >= 4 is 12.2 Å². The molecule has 1 aliphatic heterocycles. The van der Waals surface area contributed by atoms with Crippen molar-refractivity contribution in [2.45, 2.75) is 25.6 Å². The molecule has 3 aromatic rings. The highest BCUT2D eigenvalue weighted by Gasteiger charge is 2.27. The van der Waals surface area contributed by atoms with Crippen molar-refractivity contribution in [3.63, 3.8) is 0 Å². The molecule has 0 amide bonds. The zero-order valence-electron chi connectivity index (χ0n) is 14.7. The maximum atomic E-state index is 14.2. The van der Waals surface area contributed by atoms with Crippen LogP contribution in [-0.2, 0) is 13.7 Å². The van der Waals surface area contributed by atoms with Crippen LogP contribution in [0.3, 0.4) is 0 Å². The van der Waals surface area contributed by atoms with E-state index in [1.54, 1.807) is 21.4 Å². The minimum absolute atomic E-state index is 0.286. The third-order valence-electron chi connectivity index (χ3n) is 5.02. The van der Waals surface area contributed by atoms with E-state index in [1.807, 2.05) is 19.2 Å². The van der Waals surface area contributed by atoms with E-state index in [4.69, 9.17) is 12.2 Å². The van der Waals surface area contributed by atoms with Gasteiger partial charge in [-0.2, -0.15) is 5.10 Å². The van der Waals surface area contributed by atoms with Gasteiger partial charge in [0.1, 0.15) is 5.82 Å². The van der Waals surface area contributed by atoms with Crippen molar-refractivity contribution in [1.29, 1.82) is 0 Å². The first-order valence-electron chi connectivity index (χ1n) is 8.83. The molecular formula is C20H21FN4S. The lowest BCUT2D eigenvalue weighted by Gasteiger charge is -2.24. The van der Waals surface area contributed by atoms with Gasteiger partial charge in [-0.15, -0.1) is 0 Å². The van der Waals surface area contributed by atoms with Crippen molar-refractivity contribution < 1.29 is 4.39 Å². The largest absolute Gasteiger partial charge is 0.303 e. The Kier molecular flexibility index (Phi) is 4.70. The summed E-state index contributed by atoms with van der Waals surface area (Å²) in [6, 6.07) is 17.6. The first kappa shape index (κ1) is 17.1. The highest BCUT2D eigenvalue weighted by Crippen LogP contribution is 2.32. The number of benzene rings is 2. The lowest BCUT2D eigenvalue weighted by molar-refractivity contribution is 0.190. The number of hydrogen-bond acceptors (Lipinski definition) is 3. The molecule has 134 valence electrons. The minimum atomic E-state index is -0.286. The molecule has 1 fully saturated rings.